The van der Waals surface area contributed by atoms with Crippen molar-refractivity contribution in [1.82, 2.24) is 14.8 Å². The molecule has 3 atom stereocenters. The summed E-state index contributed by atoms with van der Waals surface area (Å²) in [4.78, 5) is 29.9. The van der Waals surface area contributed by atoms with Gasteiger partial charge in [-0.25, -0.2) is 13.4 Å². The van der Waals surface area contributed by atoms with Crippen molar-refractivity contribution >= 4 is 32.6 Å². The highest BCUT2D eigenvalue weighted by Gasteiger charge is 2.53. The van der Waals surface area contributed by atoms with Crippen molar-refractivity contribution in [3.8, 4) is 0 Å². The molecule has 1 aromatic carbocycles. The van der Waals surface area contributed by atoms with Gasteiger partial charge in [-0.3, -0.25) is 9.59 Å². The second-order valence-corrected chi connectivity index (χ2v) is 9.95. The number of carbonyl (C=O) groups is 2. The average Bonchev–Trinajstić information content (AvgIpc) is 3.19. The monoisotopic (exact) mass is 419 g/mol. The lowest BCUT2D eigenvalue weighted by Gasteiger charge is -2.25. The van der Waals surface area contributed by atoms with E-state index in [0.29, 0.717) is 12.2 Å². The first kappa shape index (κ1) is 21.2. The van der Waals surface area contributed by atoms with Crippen molar-refractivity contribution in [2.45, 2.75) is 18.2 Å². The summed E-state index contributed by atoms with van der Waals surface area (Å²) in [5.41, 5.74) is 1.14. The molecule has 2 aromatic rings. The van der Waals surface area contributed by atoms with Gasteiger partial charge in [0, 0.05) is 37.4 Å². The molecular weight excluding hydrogens is 394 g/mol. The summed E-state index contributed by atoms with van der Waals surface area (Å²) in [5.74, 6) is -0.858. The van der Waals surface area contributed by atoms with Gasteiger partial charge >= 0.3 is 0 Å². The molecule has 0 bridgehead atoms. The summed E-state index contributed by atoms with van der Waals surface area (Å²) < 4.78 is 24.9. The molecule has 2 aliphatic heterocycles. The zero-order chi connectivity index (χ0) is 21.3. The number of para-hydroxylation sites is 1. The minimum absolute atomic E-state index is 0.0237. The van der Waals surface area contributed by atoms with Crippen LogP contribution in [0.25, 0.3) is 10.9 Å². The van der Waals surface area contributed by atoms with Crippen LogP contribution in [-0.4, -0.2) is 84.4 Å². The van der Waals surface area contributed by atoms with Crippen LogP contribution in [0.15, 0.2) is 36.4 Å². The van der Waals surface area contributed by atoms with Crippen LogP contribution in [0, 0.1) is 5.92 Å². The van der Waals surface area contributed by atoms with Crippen molar-refractivity contribution in [2.24, 2.45) is 5.92 Å². The minimum atomic E-state index is -3.16. The molecule has 3 heterocycles. The number of nitrogens with zero attached hydrogens (tertiary/aromatic N) is 3. The molecule has 29 heavy (non-hydrogen) atoms. The maximum atomic E-state index is 12.9. The van der Waals surface area contributed by atoms with E-state index in [4.69, 9.17) is 9.90 Å². The van der Waals surface area contributed by atoms with Crippen LogP contribution in [0.2, 0.25) is 0 Å². The number of likely N-dealkylation sites (tertiary alicyclic amines) is 1. The van der Waals surface area contributed by atoms with Crippen molar-refractivity contribution in [1.29, 1.82) is 0 Å². The Morgan fingerprint density at radius 2 is 1.79 bits per heavy atom. The molecule has 4 rings (SSSR count). The second kappa shape index (κ2) is 8.08. The molecule has 2 fully saturated rings. The fourth-order valence-corrected chi connectivity index (χ4v) is 6.55. The molecule has 1 N–H and O–H groups in total. The quantitative estimate of drug-likeness (QED) is 0.777. The number of rotatable bonds is 2. The van der Waals surface area contributed by atoms with Crippen LogP contribution < -0.4 is 0 Å². The Balaban J connectivity index is 0.000000552. The van der Waals surface area contributed by atoms with Crippen LogP contribution in [0.5, 0.6) is 0 Å². The third-order valence-electron chi connectivity index (χ3n) is 5.44. The minimum Gasteiger partial charge on any atom is -0.481 e. The highest BCUT2D eigenvalue weighted by molar-refractivity contribution is 7.92. The van der Waals surface area contributed by atoms with E-state index in [0.717, 1.165) is 17.8 Å². The van der Waals surface area contributed by atoms with Crippen molar-refractivity contribution in [3.05, 3.63) is 42.1 Å². The van der Waals surface area contributed by atoms with E-state index in [9.17, 15) is 13.2 Å². The Morgan fingerprint density at radius 1 is 1.14 bits per heavy atom. The summed E-state index contributed by atoms with van der Waals surface area (Å²) in [6.45, 7) is 1.82. The molecule has 0 aliphatic carbocycles. The lowest BCUT2D eigenvalue weighted by atomic mass is 10.00. The number of fused-ring (bicyclic) bond motifs is 2. The molecule has 156 valence electrons. The van der Waals surface area contributed by atoms with Gasteiger partial charge in [-0.1, -0.05) is 24.3 Å². The smallest absolute Gasteiger partial charge is 0.300 e. The van der Waals surface area contributed by atoms with Crippen LogP contribution in [0.4, 0.5) is 0 Å². The summed E-state index contributed by atoms with van der Waals surface area (Å²) in [7, 11) is 0.644. The third kappa shape index (κ3) is 4.40. The van der Waals surface area contributed by atoms with Gasteiger partial charge in [-0.2, -0.15) is 0 Å². The molecule has 0 spiro atoms. The van der Waals surface area contributed by atoms with Crippen LogP contribution >= 0.6 is 0 Å². The number of sulfone groups is 1. The fourth-order valence-electron chi connectivity index (χ4n) is 4.08. The zero-order valence-electron chi connectivity index (χ0n) is 16.6. The summed E-state index contributed by atoms with van der Waals surface area (Å²) in [5, 5.41) is 7.94. The van der Waals surface area contributed by atoms with Gasteiger partial charge in [0.15, 0.2) is 9.84 Å². The van der Waals surface area contributed by atoms with Crippen LogP contribution in [-0.2, 0) is 14.6 Å². The van der Waals surface area contributed by atoms with E-state index < -0.39 is 21.1 Å². The molecule has 0 unspecified atom stereocenters. The van der Waals surface area contributed by atoms with Gasteiger partial charge in [0.25, 0.3) is 11.9 Å². The number of benzene rings is 1. The van der Waals surface area contributed by atoms with E-state index in [1.54, 1.807) is 11.0 Å². The van der Waals surface area contributed by atoms with Gasteiger partial charge < -0.3 is 14.9 Å². The van der Waals surface area contributed by atoms with Crippen molar-refractivity contribution in [3.63, 3.8) is 0 Å². The van der Waals surface area contributed by atoms with Gasteiger partial charge in [-0.15, -0.1) is 0 Å². The van der Waals surface area contributed by atoms with Crippen molar-refractivity contribution in [2.75, 3.05) is 32.9 Å². The SMILES string of the molecule is CC(=O)O.CN(C)[C@@H]1CS(=O)(=O)[C@H]2CN(C(=O)c3ccc4ccccc4n3)C[C@@H]12. The van der Waals surface area contributed by atoms with E-state index >= 15 is 0 Å². The van der Waals surface area contributed by atoms with Crippen LogP contribution in [0.3, 0.4) is 0 Å². The first-order valence-electron chi connectivity index (χ1n) is 9.32. The summed E-state index contributed by atoms with van der Waals surface area (Å²) in [6.07, 6.45) is 0. The lowest BCUT2D eigenvalue weighted by molar-refractivity contribution is -0.134. The molecule has 8 nitrogen and oxygen atoms in total. The molecule has 2 saturated heterocycles. The van der Waals surface area contributed by atoms with Gasteiger partial charge in [-0.05, 0) is 26.2 Å². The number of pyridine rings is 1. The predicted octanol–water partition coefficient (Wildman–Crippen LogP) is 1.12. The van der Waals surface area contributed by atoms with E-state index in [-0.39, 0.29) is 30.2 Å². The first-order chi connectivity index (χ1) is 13.6. The molecule has 0 saturated carbocycles. The Kier molecular flexibility index (Phi) is 5.90. The predicted molar refractivity (Wildman–Crippen MR) is 109 cm³/mol. The fraction of sp³-hybridized carbons (Fsp3) is 0.450. The molecule has 1 aromatic heterocycles. The molecule has 1 amide bonds. The number of aromatic nitrogens is 1. The number of amides is 1. The van der Waals surface area contributed by atoms with E-state index in [1.807, 2.05) is 49.3 Å². The normalized spacial score (nSPS) is 24.8. The van der Waals surface area contributed by atoms with Crippen LogP contribution in [0.1, 0.15) is 17.4 Å². The Bertz CT molecular complexity index is 1030. The Hall–Kier alpha value is -2.52. The number of carboxylic acids is 1. The molecule has 2 aliphatic rings. The number of hydrogen-bond donors (Lipinski definition) is 1. The third-order valence-corrected chi connectivity index (χ3v) is 7.66. The number of aliphatic carboxylic acids is 1. The zero-order valence-corrected chi connectivity index (χ0v) is 17.5. The Morgan fingerprint density at radius 3 is 2.45 bits per heavy atom. The van der Waals surface area contributed by atoms with Gasteiger partial charge in [0.2, 0.25) is 0 Å². The largest absolute Gasteiger partial charge is 0.481 e. The maximum Gasteiger partial charge on any atom is 0.300 e. The van der Waals surface area contributed by atoms with Crippen molar-refractivity contribution < 1.29 is 23.1 Å². The highest BCUT2D eigenvalue weighted by Crippen LogP contribution is 2.36. The number of carbonyl (C=O) groups excluding carboxylic acids is 1. The first-order valence-corrected chi connectivity index (χ1v) is 11.0. The van der Waals surface area contributed by atoms with E-state index in [1.165, 1.54) is 0 Å². The lowest BCUT2D eigenvalue weighted by Crippen LogP contribution is -2.38. The summed E-state index contributed by atoms with van der Waals surface area (Å²) in [6, 6.07) is 11.2. The number of carboxylic acid groups (broad SMARTS) is 1. The average molecular weight is 420 g/mol. The van der Waals surface area contributed by atoms with Gasteiger partial charge in [0.05, 0.1) is 16.5 Å². The van der Waals surface area contributed by atoms with Gasteiger partial charge in [0.1, 0.15) is 5.69 Å². The molecular formula is C20H25N3O5S. The number of hydrogen-bond acceptors (Lipinski definition) is 6. The highest BCUT2D eigenvalue weighted by atomic mass is 32.2. The molecule has 9 heteroatoms. The topological polar surface area (TPSA) is 108 Å². The summed E-state index contributed by atoms with van der Waals surface area (Å²) >= 11 is 0. The van der Waals surface area contributed by atoms with E-state index in [2.05, 4.69) is 4.98 Å². The molecule has 0 radical (unpaired) electrons. The second-order valence-electron chi connectivity index (χ2n) is 7.68. The Labute approximate surface area is 170 Å². The maximum absolute atomic E-state index is 12.9. The standard InChI is InChI=1S/C18H21N3O3S.C2H4O2/c1-20(2)16-11-25(23,24)17-10-21(9-13(16)17)18(22)15-8-7-12-5-3-4-6-14(12)19-15;1-2(3)4/h3-8,13,16-17H,9-11H2,1-2H3;1H3,(H,3,4)/t13-,16+,17-;/m0./s1.